The van der Waals surface area contributed by atoms with Crippen molar-refractivity contribution in [2.75, 3.05) is 9.80 Å². The second-order valence-electron chi connectivity index (χ2n) is 14.0. The Bertz CT molecular complexity index is 2200. The molecule has 4 aromatic carbocycles. The Balaban J connectivity index is 1.21. The van der Waals surface area contributed by atoms with Crippen LogP contribution in [-0.2, 0) is 25.8 Å². The van der Waals surface area contributed by atoms with E-state index in [2.05, 4.69) is 0 Å². The van der Waals surface area contributed by atoms with Crippen LogP contribution in [0.4, 0.5) is 11.4 Å². The third-order valence-corrected chi connectivity index (χ3v) is 11.3. The van der Waals surface area contributed by atoms with Crippen molar-refractivity contribution in [2.45, 2.75) is 32.3 Å². The van der Waals surface area contributed by atoms with E-state index in [9.17, 15) is 39.3 Å². The van der Waals surface area contributed by atoms with Crippen molar-refractivity contribution in [3.63, 3.8) is 0 Å². The minimum absolute atomic E-state index is 0.0387. The Morgan fingerprint density at radius 1 is 0.788 bits per heavy atom. The van der Waals surface area contributed by atoms with Crippen molar-refractivity contribution in [1.82, 2.24) is 0 Å². The van der Waals surface area contributed by atoms with E-state index < -0.39 is 70.4 Å². The van der Waals surface area contributed by atoms with E-state index in [1.54, 1.807) is 49.4 Å². The van der Waals surface area contributed by atoms with Crippen molar-refractivity contribution < 1.29 is 44.0 Å². The highest BCUT2D eigenvalue weighted by atomic mass is 16.5. The van der Waals surface area contributed by atoms with Gasteiger partial charge in [-0.25, -0.2) is 14.6 Å². The smallest absolute Gasteiger partial charge is 0.339 e. The number of phenols is 2. The van der Waals surface area contributed by atoms with Crippen LogP contribution in [0.25, 0.3) is 0 Å². The van der Waals surface area contributed by atoms with Crippen molar-refractivity contribution in [2.24, 2.45) is 29.1 Å². The number of carbonyl (C=O) groups is 5. The molecular weight excluding hydrogens is 664 g/mol. The summed E-state index contributed by atoms with van der Waals surface area (Å²) in [7, 11) is 0. The van der Waals surface area contributed by atoms with E-state index in [0.717, 1.165) is 22.6 Å². The molecule has 0 radical (unpaired) electrons. The monoisotopic (exact) mass is 698 g/mol. The number of anilines is 2. The average Bonchev–Trinajstić information content (AvgIpc) is 3.51. The molecule has 11 nitrogen and oxygen atoms in total. The van der Waals surface area contributed by atoms with Gasteiger partial charge in [0.2, 0.25) is 23.6 Å². The first-order chi connectivity index (χ1) is 25.0. The van der Waals surface area contributed by atoms with Crippen molar-refractivity contribution in [3.8, 4) is 17.2 Å². The number of benzene rings is 4. The van der Waals surface area contributed by atoms with Crippen LogP contribution < -0.4 is 14.5 Å². The highest BCUT2D eigenvalue weighted by molar-refractivity contribution is 6.25. The molecule has 0 spiro atoms. The molecule has 2 aliphatic carbocycles. The summed E-state index contributed by atoms with van der Waals surface area (Å²) in [6.07, 6.45) is 2.15. The number of fused-ring (bicyclic) bond motifs is 4. The highest BCUT2D eigenvalue weighted by Crippen LogP contribution is 2.64. The van der Waals surface area contributed by atoms with Crippen LogP contribution in [-0.4, -0.2) is 44.9 Å². The number of aromatic carboxylic acids is 1. The van der Waals surface area contributed by atoms with Crippen LogP contribution >= 0.6 is 0 Å². The summed E-state index contributed by atoms with van der Waals surface area (Å²) in [6, 6.07) is 26.6. The maximum absolute atomic E-state index is 14.6. The normalized spacial score (nSPS) is 26.5. The molecule has 1 saturated carbocycles. The molecule has 3 fully saturated rings. The minimum Gasteiger partial charge on any atom is -0.508 e. The first-order valence-electron chi connectivity index (χ1n) is 17.1. The lowest BCUT2D eigenvalue weighted by atomic mass is 9.51. The van der Waals surface area contributed by atoms with Crippen molar-refractivity contribution in [3.05, 3.63) is 125 Å². The summed E-state index contributed by atoms with van der Waals surface area (Å²) in [4.78, 5) is 70.9. The molecule has 0 unspecified atom stereocenters. The molecular formula is C41H34N2O9. The molecule has 0 aromatic heterocycles. The summed E-state index contributed by atoms with van der Waals surface area (Å²) in [6.45, 7) is 2.01. The second-order valence-corrected chi connectivity index (χ2v) is 14.0. The Hall–Kier alpha value is -6.23. The molecule has 8 rings (SSSR count). The molecule has 6 atom stereocenters. The zero-order chi connectivity index (χ0) is 36.5. The van der Waals surface area contributed by atoms with Gasteiger partial charge < -0.3 is 20.1 Å². The number of allylic oxidation sites excluding steroid dienone is 2. The fourth-order valence-corrected chi connectivity index (χ4v) is 8.88. The SMILES string of the molecule is C[C@@]12C(=O)N(c3ccccc3)C(=O)[C@@H]1C[C@@H]1C(=CC[C@@H]3C(=O)N(c4ccc(C(=O)O)c(O)c4)C(=O)[C@@H]31)[C@@H]2c1ccc(OCc2ccccc2)cc1O. The fourth-order valence-electron chi connectivity index (χ4n) is 8.88. The molecule has 262 valence electrons. The number of ether oxygens (including phenoxy) is 1. The predicted octanol–water partition coefficient (Wildman–Crippen LogP) is 5.81. The Labute approximate surface area is 298 Å². The van der Waals surface area contributed by atoms with Gasteiger partial charge in [-0.3, -0.25) is 19.2 Å². The number of amides is 4. The summed E-state index contributed by atoms with van der Waals surface area (Å²) < 4.78 is 5.97. The molecule has 52 heavy (non-hydrogen) atoms. The van der Waals surface area contributed by atoms with Gasteiger partial charge in [0.25, 0.3) is 0 Å². The highest BCUT2D eigenvalue weighted by Gasteiger charge is 2.68. The molecule has 3 N–H and O–H groups in total. The van der Waals surface area contributed by atoms with Crippen LogP contribution in [0.15, 0.2) is 109 Å². The number of hydrogen-bond acceptors (Lipinski definition) is 8. The quantitative estimate of drug-likeness (QED) is 0.160. The van der Waals surface area contributed by atoms with Gasteiger partial charge in [-0.2, -0.15) is 0 Å². The first kappa shape index (κ1) is 32.9. The third-order valence-electron chi connectivity index (χ3n) is 11.3. The first-order valence-corrected chi connectivity index (χ1v) is 17.1. The third kappa shape index (κ3) is 4.90. The number of carbonyl (C=O) groups excluding carboxylic acids is 4. The summed E-state index contributed by atoms with van der Waals surface area (Å²) in [5, 5.41) is 31.4. The topological polar surface area (TPSA) is 162 Å². The van der Waals surface area contributed by atoms with Crippen LogP contribution in [0.2, 0.25) is 0 Å². The molecule has 0 bridgehead atoms. The van der Waals surface area contributed by atoms with Crippen LogP contribution in [0.1, 0.15) is 47.2 Å². The fraction of sp³-hybridized carbons (Fsp3) is 0.244. The van der Waals surface area contributed by atoms with Crippen LogP contribution in [0, 0.1) is 29.1 Å². The largest absolute Gasteiger partial charge is 0.508 e. The minimum atomic E-state index is -1.36. The van der Waals surface area contributed by atoms with E-state index in [-0.39, 0.29) is 36.4 Å². The number of para-hydroxylation sites is 1. The summed E-state index contributed by atoms with van der Waals surface area (Å²) in [5.74, 6) is -7.62. The van der Waals surface area contributed by atoms with E-state index in [0.29, 0.717) is 22.6 Å². The number of imide groups is 2. The standard InChI is InChI=1S/C41H34N2O9/c1-41-31(37(47)43(40(41)51)23-10-6-3-7-11-23)20-30-26(35(41)27-15-13-25(19-33(27)45)52-21-22-8-4-2-5-9-22)16-17-29-34(30)38(48)42(36(29)46)24-12-14-28(39(49)50)32(44)18-24/h2-16,18-19,29-31,34-35,44-45H,17,20-21H2,1H3,(H,49,50)/t29-,30+,31-,34-,35+,41+/m0/s1. The maximum atomic E-state index is 14.6. The number of rotatable bonds is 7. The number of hydrogen-bond donors (Lipinski definition) is 3. The van der Waals surface area contributed by atoms with Gasteiger partial charge in [0, 0.05) is 23.6 Å². The van der Waals surface area contributed by atoms with E-state index in [4.69, 9.17) is 4.74 Å². The van der Waals surface area contributed by atoms with E-state index in [1.165, 1.54) is 17.0 Å². The zero-order valence-corrected chi connectivity index (χ0v) is 28.0. The Morgan fingerprint density at radius 3 is 2.17 bits per heavy atom. The van der Waals surface area contributed by atoms with Gasteiger partial charge in [0.05, 0.1) is 34.5 Å². The molecule has 4 aliphatic rings. The number of phenolic OH excluding ortho intramolecular Hbond substituents is 1. The van der Waals surface area contributed by atoms with Gasteiger partial charge in [-0.05, 0) is 61.6 Å². The number of aromatic hydroxyl groups is 2. The van der Waals surface area contributed by atoms with Gasteiger partial charge >= 0.3 is 5.97 Å². The second kappa shape index (κ2) is 12.2. The lowest BCUT2D eigenvalue weighted by molar-refractivity contribution is -0.131. The lowest BCUT2D eigenvalue weighted by Crippen LogP contribution is -2.48. The Kier molecular flexibility index (Phi) is 7.74. The lowest BCUT2D eigenvalue weighted by Gasteiger charge is -2.49. The molecule has 2 aliphatic heterocycles. The van der Waals surface area contributed by atoms with Gasteiger partial charge in [0.15, 0.2) is 0 Å². The van der Waals surface area contributed by atoms with Crippen LogP contribution in [0.3, 0.4) is 0 Å². The molecule has 2 heterocycles. The van der Waals surface area contributed by atoms with Gasteiger partial charge in [-0.15, -0.1) is 0 Å². The molecule has 4 amide bonds. The maximum Gasteiger partial charge on any atom is 0.339 e. The van der Waals surface area contributed by atoms with Crippen molar-refractivity contribution in [1.29, 1.82) is 0 Å². The average molecular weight is 699 g/mol. The number of carboxylic acids is 1. The van der Waals surface area contributed by atoms with Crippen molar-refractivity contribution >= 4 is 41.0 Å². The number of nitrogens with zero attached hydrogens (tertiary/aromatic N) is 2. The molecule has 2 saturated heterocycles. The van der Waals surface area contributed by atoms with E-state index >= 15 is 0 Å². The van der Waals surface area contributed by atoms with Gasteiger partial charge in [-0.1, -0.05) is 66.2 Å². The Morgan fingerprint density at radius 2 is 1.50 bits per heavy atom. The van der Waals surface area contributed by atoms with Crippen LogP contribution in [0.5, 0.6) is 17.2 Å². The molecule has 11 heteroatoms. The number of carboxylic acid groups (broad SMARTS) is 1. The summed E-state index contributed by atoms with van der Waals surface area (Å²) >= 11 is 0. The van der Waals surface area contributed by atoms with Gasteiger partial charge in [0.1, 0.15) is 29.4 Å². The summed E-state index contributed by atoms with van der Waals surface area (Å²) in [5.41, 5.74) is 0.754. The predicted molar refractivity (Wildman–Crippen MR) is 187 cm³/mol. The zero-order valence-electron chi connectivity index (χ0n) is 28.0. The molecule has 4 aromatic rings. The van der Waals surface area contributed by atoms with E-state index in [1.807, 2.05) is 36.4 Å².